The van der Waals surface area contributed by atoms with Crippen molar-refractivity contribution in [2.75, 3.05) is 5.94 Å². The molecule has 0 aromatic heterocycles. The van der Waals surface area contributed by atoms with Crippen LogP contribution in [0.1, 0.15) is 0 Å². The zero-order valence-corrected chi connectivity index (χ0v) is 15.7. The van der Waals surface area contributed by atoms with E-state index >= 15 is 0 Å². The maximum Gasteiger partial charge on any atom is 1.00 e. The third-order valence-corrected chi connectivity index (χ3v) is 1.08. The van der Waals surface area contributed by atoms with Gasteiger partial charge < -0.3 is 24.9 Å². The Hall–Kier alpha value is 1.77. The molecule has 0 heterocycles. The SMILES string of the molecule is N.O=S(=O)([O-])OOS(=O)(=O)[O-].O=S(O)CO.[Na+].[Na+]. The van der Waals surface area contributed by atoms with E-state index in [-0.39, 0.29) is 65.3 Å². The number of aliphatic hydroxyl groups is 1. The minimum absolute atomic E-state index is 0. The minimum Gasteiger partial charge on any atom is -0.724 e. The second kappa shape index (κ2) is 15.2. The molecule has 0 radical (unpaired) electrons. The van der Waals surface area contributed by atoms with Gasteiger partial charge in [-0.2, -0.15) is 0 Å². The molecule has 0 fully saturated rings. The average Bonchev–Trinajstić information content (AvgIpc) is 2.00. The van der Waals surface area contributed by atoms with Gasteiger partial charge in [0.15, 0.2) is 11.1 Å². The average molecular weight is 351 g/mol. The van der Waals surface area contributed by atoms with Gasteiger partial charge in [-0.3, -0.25) is 0 Å². The van der Waals surface area contributed by atoms with Gasteiger partial charge in [0.2, 0.25) is 20.8 Å². The van der Waals surface area contributed by atoms with Crippen molar-refractivity contribution < 1.29 is 108 Å². The van der Waals surface area contributed by atoms with Crippen LogP contribution in [-0.2, 0) is 40.5 Å². The summed E-state index contributed by atoms with van der Waals surface area (Å²) in [7, 11) is -10.6. The van der Waals surface area contributed by atoms with Gasteiger partial charge >= 0.3 is 59.1 Å². The first kappa shape index (κ1) is 31.9. The molecule has 1 unspecified atom stereocenters. The van der Waals surface area contributed by atoms with E-state index in [1.54, 1.807) is 0 Å². The predicted octanol–water partition coefficient (Wildman–Crippen LogP) is -8.82. The quantitative estimate of drug-likeness (QED) is 0.107. The van der Waals surface area contributed by atoms with E-state index in [1.165, 1.54) is 0 Å². The summed E-state index contributed by atoms with van der Waals surface area (Å²) in [5.74, 6) is -0.667. The number of hydrogen-bond donors (Lipinski definition) is 3. The van der Waals surface area contributed by atoms with Crippen molar-refractivity contribution in [2.24, 2.45) is 0 Å². The summed E-state index contributed by atoms with van der Waals surface area (Å²) < 4.78 is 78.3. The predicted molar refractivity (Wildman–Crippen MR) is 44.4 cm³/mol. The smallest absolute Gasteiger partial charge is 0.724 e. The molecule has 0 rings (SSSR count). The van der Waals surface area contributed by atoms with Crippen molar-refractivity contribution in [1.29, 1.82) is 0 Å². The van der Waals surface area contributed by atoms with E-state index in [0.29, 0.717) is 0 Å². The Morgan fingerprint density at radius 2 is 1.17 bits per heavy atom. The summed E-state index contributed by atoms with van der Waals surface area (Å²) in [6, 6.07) is 0. The summed E-state index contributed by atoms with van der Waals surface area (Å²) in [5, 5.41) is 7.59. The molecule has 18 heavy (non-hydrogen) atoms. The number of aliphatic hydroxyl groups excluding tert-OH is 1. The van der Waals surface area contributed by atoms with Crippen LogP contribution in [0.25, 0.3) is 0 Å². The minimum atomic E-state index is -5.31. The molecule has 17 heteroatoms. The van der Waals surface area contributed by atoms with Crippen LogP contribution in [0.3, 0.4) is 0 Å². The summed E-state index contributed by atoms with van der Waals surface area (Å²) in [6.07, 6.45) is 0. The van der Waals surface area contributed by atoms with E-state index < -0.39 is 37.8 Å². The third kappa shape index (κ3) is 43.1. The van der Waals surface area contributed by atoms with E-state index in [2.05, 4.69) is 8.67 Å². The molecule has 5 N–H and O–H groups in total. The fourth-order valence-corrected chi connectivity index (χ4v) is 0.612. The zero-order chi connectivity index (χ0) is 12.7. The van der Waals surface area contributed by atoms with Crippen molar-refractivity contribution in [3.05, 3.63) is 0 Å². The van der Waals surface area contributed by atoms with Gasteiger partial charge in [-0.05, 0) is 0 Å². The summed E-state index contributed by atoms with van der Waals surface area (Å²) >= 11 is -2.02. The standard InChI is InChI=1S/CH4O3S.H3N.2Na.H2O8S2/c2-1-5(3)4;;;;1-9(2,3)7-8-10(4,5)6/h2H,1H2,(H,3,4);1H3;;;(H,1,2,3)(H,4,5,6)/q;;2*+1;/p-2. The van der Waals surface area contributed by atoms with Crippen molar-refractivity contribution >= 4 is 31.9 Å². The molecule has 0 aromatic carbocycles. The molecule has 12 nitrogen and oxygen atoms in total. The van der Waals surface area contributed by atoms with Gasteiger partial charge in [0, 0.05) is 0 Å². The zero-order valence-electron chi connectivity index (χ0n) is 9.21. The molecule has 1 atom stereocenters. The molecule has 0 aliphatic heterocycles. The van der Waals surface area contributed by atoms with Gasteiger partial charge in [0.05, 0.1) is 0 Å². The topological polar surface area (TPSA) is 225 Å². The maximum atomic E-state index is 9.37. The van der Waals surface area contributed by atoms with Crippen LogP contribution >= 0.6 is 0 Å². The Balaban J connectivity index is -0.0000000621. The first-order valence-corrected chi connectivity index (χ1v) is 6.40. The Morgan fingerprint density at radius 1 is 1.00 bits per heavy atom. The fraction of sp³-hybridized carbons (Fsp3) is 1.00. The van der Waals surface area contributed by atoms with Crippen LogP contribution in [0.2, 0.25) is 0 Å². The molecule has 0 aliphatic rings. The molecule has 102 valence electrons. The van der Waals surface area contributed by atoms with Crippen LogP contribution < -0.4 is 65.3 Å². The van der Waals surface area contributed by atoms with Crippen LogP contribution in [0.15, 0.2) is 0 Å². The molecular formula is CH7NNa2O11S3. The van der Waals surface area contributed by atoms with Crippen molar-refractivity contribution in [3.63, 3.8) is 0 Å². The Morgan fingerprint density at radius 3 is 1.22 bits per heavy atom. The molecule has 0 aromatic rings. The van der Waals surface area contributed by atoms with Crippen LogP contribution in [0.4, 0.5) is 0 Å². The van der Waals surface area contributed by atoms with Crippen LogP contribution in [-0.4, -0.2) is 45.7 Å². The molecule has 0 spiro atoms. The summed E-state index contributed by atoms with van der Waals surface area (Å²) in [4.78, 5) is 0. The van der Waals surface area contributed by atoms with E-state index in [1.807, 2.05) is 0 Å². The Bertz CT molecular complexity index is 355. The van der Waals surface area contributed by atoms with E-state index in [9.17, 15) is 30.1 Å². The van der Waals surface area contributed by atoms with Crippen molar-refractivity contribution in [1.82, 2.24) is 6.15 Å². The Kier molecular flexibility index (Phi) is 26.9. The van der Waals surface area contributed by atoms with Gasteiger partial charge in [0.1, 0.15) is 5.94 Å². The van der Waals surface area contributed by atoms with Gasteiger partial charge in [-0.1, -0.05) is 0 Å². The van der Waals surface area contributed by atoms with Crippen LogP contribution in [0, 0.1) is 0 Å². The van der Waals surface area contributed by atoms with E-state index in [4.69, 9.17) is 9.66 Å². The fourth-order valence-electron chi connectivity index (χ4n) is 0.0680. The van der Waals surface area contributed by atoms with Crippen LogP contribution in [0.5, 0.6) is 0 Å². The molecule has 0 saturated heterocycles. The number of hydrogen-bond acceptors (Lipinski definition) is 11. The second-order valence-corrected chi connectivity index (χ2v) is 4.21. The first-order chi connectivity index (χ1) is 6.48. The third-order valence-electron chi connectivity index (χ3n) is 0.305. The Labute approximate surface area is 150 Å². The van der Waals surface area contributed by atoms with Gasteiger partial charge in [0.25, 0.3) is 0 Å². The monoisotopic (exact) mass is 351 g/mol. The largest absolute Gasteiger partial charge is 1.00 e. The number of rotatable bonds is 4. The van der Waals surface area contributed by atoms with E-state index in [0.717, 1.165) is 0 Å². The molecule has 0 bridgehead atoms. The van der Waals surface area contributed by atoms with Crippen molar-refractivity contribution in [2.45, 2.75) is 0 Å². The summed E-state index contributed by atoms with van der Waals surface area (Å²) in [5.41, 5.74) is 0. The summed E-state index contributed by atoms with van der Waals surface area (Å²) in [6.45, 7) is 0. The first-order valence-electron chi connectivity index (χ1n) is 2.45. The molecule has 0 saturated carbocycles. The normalized spacial score (nSPS) is 11.6. The molecule has 0 amide bonds. The van der Waals surface area contributed by atoms with Gasteiger partial charge in [-0.15, -0.1) is 8.67 Å². The molecular weight excluding hydrogens is 344 g/mol. The van der Waals surface area contributed by atoms with Gasteiger partial charge in [-0.25, -0.2) is 21.0 Å². The molecule has 0 aliphatic carbocycles. The van der Waals surface area contributed by atoms with Crippen molar-refractivity contribution in [3.8, 4) is 0 Å². The second-order valence-electron chi connectivity index (χ2n) is 1.40. The maximum absolute atomic E-state index is 9.37.